The molecule has 0 amide bonds. The number of guanidine groups is 1. The monoisotopic (exact) mass is 393 g/mol. The fraction of sp³-hybridized carbons (Fsp3) is 0.368. The average Bonchev–Trinajstić information content (AvgIpc) is 2.68. The predicted molar refractivity (Wildman–Crippen MR) is 105 cm³/mol. The highest BCUT2D eigenvalue weighted by Crippen LogP contribution is 2.25. The molecule has 0 aliphatic rings. The standard InChI is InChI=1S/C19H25F2N5O2/c1-22-19(24-11-13-6-5-9-23-17(13)26(2)3)25-12-14-10-15(27-4)7-8-16(14)28-18(20)21/h5-10,18H,11-12H2,1-4H3,(H2,22,24,25). The lowest BCUT2D eigenvalue weighted by Gasteiger charge is -2.18. The van der Waals surface area contributed by atoms with Gasteiger partial charge < -0.3 is 25.0 Å². The molecule has 0 spiro atoms. The minimum absolute atomic E-state index is 0.0842. The summed E-state index contributed by atoms with van der Waals surface area (Å²) in [6, 6.07) is 8.50. The number of benzene rings is 1. The van der Waals surface area contributed by atoms with Gasteiger partial charge in [-0.3, -0.25) is 4.99 Å². The van der Waals surface area contributed by atoms with Crippen molar-refractivity contribution < 1.29 is 18.3 Å². The van der Waals surface area contributed by atoms with Crippen LogP contribution < -0.4 is 25.0 Å². The van der Waals surface area contributed by atoms with Crippen molar-refractivity contribution in [3.8, 4) is 11.5 Å². The van der Waals surface area contributed by atoms with Crippen molar-refractivity contribution in [2.45, 2.75) is 19.7 Å². The highest BCUT2D eigenvalue weighted by molar-refractivity contribution is 5.79. The lowest BCUT2D eigenvalue weighted by atomic mass is 10.2. The summed E-state index contributed by atoms with van der Waals surface area (Å²) in [6.07, 6.45) is 1.74. The summed E-state index contributed by atoms with van der Waals surface area (Å²) in [7, 11) is 6.99. The summed E-state index contributed by atoms with van der Waals surface area (Å²) in [5, 5.41) is 6.29. The number of nitrogens with zero attached hydrogens (tertiary/aromatic N) is 3. The summed E-state index contributed by atoms with van der Waals surface area (Å²) in [6.45, 7) is -2.17. The molecule has 2 rings (SSSR count). The molecule has 2 aromatic rings. The summed E-state index contributed by atoms with van der Waals surface area (Å²) in [5.74, 6) is 2.00. The molecule has 0 fully saturated rings. The minimum atomic E-state index is -2.90. The normalized spacial score (nSPS) is 11.3. The lowest BCUT2D eigenvalue weighted by Crippen LogP contribution is -2.36. The van der Waals surface area contributed by atoms with E-state index in [1.165, 1.54) is 13.2 Å². The third-order valence-electron chi connectivity index (χ3n) is 3.89. The van der Waals surface area contributed by atoms with Crippen LogP contribution in [0.3, 0.4) is 0 Å². The maximum absolute atomic E-state index is 12.6. The summed E-state index contributed by atoms with van der Waals surface area (Å²) in [5.41, 5.74) is 1.52. The molecule has 9 heteroatoms. The second-order valence-electron chi connectivity index (χ2n) is 6.01. The Labute approximate surface area is 163 Å². The van der Waals surface area contributed by atoms with Crippen LogP contribution in [0.4, 0.5) is 14.6 Å². The van der Waals surface area contributed by atoms with Crippen molar-refractivity contribution in [1.82, 2.24) is 15.6 Å². The van der Waals surface area contributed by atoms with Gasteiger partial charge in [-0.15, -0.1) is 0 Å². The number of anilines is 1. The topological polar surface area (TPSA) is 71.0 Å². The Bertz CT molecular complexity index is 800. The fourth-order valence-corrected chi connectivity index (χ4v) is 2.58. The van der Waals surface area contributed by atoms with E-state index in [9.17, 15) is 8.78 Å². The van der Waals surface area contributed by atoms with Gasteiger partial charge in [-0.25, -0.2) is 4.98 Å². The van der Waals surface area contributed by atoms with Crippen LogP contribution >= 0.6 is 0 Å². The first-order valence-corrected chi connectivity index (χ1v) is 8.62. The van der Waals surface area contributed by atoms with Gasteiger partial charge in [-0.05, 0) is 24.3 Å². The van der Waals surface area contributed by atoms with Crippen LogP contribution in [0, 0.1) is 0 Å². The first-order chi connectivity index (χ1) is 13.4. The first-order valence-electron chi connectivity index (χ1n) is 8.62. The highest BCUT2D eigenvalue weighted by atomic mass is 19.3. The molecule has 0 aliphatic heterocycles. The number of nitrogens with one attached hydrogen (secondary N) is 2. The molecule has 7 nitrogen and oxygen atoms in total. The van der Waals surface area contributed by atoms with Crippen molar-refractivity contribution in [3.05, 3.63) is 47.7 Å². The fourth-order valence-electron chi connectivity index (χ4n) is 2.58. The maximum Gasteiger partial charge on any atom is 0.387 e. The van der Waals surface area contributed by atoms with Gasteiger partial charge in [0.05, 0.1) is 7.11 Å². The molecule has 0 aliphatic carbocycles. The number of pyridine rings is 1. The second kappa shape index (κ2) is 10.3. The van der Waals surface area contributed by atoms with Crippen LogP contribution in [-0.2, 0) is 13.1 Å². The molecule has 152 valence electrons. The van der Waals surface area contributed by atoms with Crippen molar-refractivity contribution in [2.75, 3.05) is 33.2 Å². The van der Waals surface area contributed by atoms with E-state index < -0.39 is 6.61 Å². The van der Waals surface area contributed by atoms with Crippen molar-refractivity contribution in [3.63, 3.8) is 0 Å². The van der Waals surface area contributed by atoms with E-state index in [0.717, 1.165) is 11.4 Å². The Morgan fingerprint density at radius 3 is 2.50 bits per heavy atom. The number of rotatable bonds is 8. The number of hydrogen-bond donors (Lipinski definition) is 2. The molecule has 1 aromatic heterocycles. The second-order valence-corrected chi connectivity index (χ2v) is 6.01. The van der Waals surface area contributed by atoms with Crippen LogP contribution in [0.15, 0.2) is 41.5 Å². The van der Waals surface area contributed by atoms with E-state index in [4.69, 9.17) is 4.74 Å². The number of aliphatic imine (C=N–C) groups is 1. The SMILES string of the molecule is CN=C(NCc1cc(OC)ccc1OC(F)F)NCc1cccnc1N(C)C. The van der Waals surface area contributed by atoms with Gasteiger partial charge in [-0.2, -0.15) is 8.78 Å². The Morgan fingerprint density at radius 1 is 1.18 bits per heavy atom. The third-order valence-corrected chi connectivity index (χ3v) is 3.89. The minimum Gasteiger partial charge on any atom is -0.497 e. The molecule has 0 atom stereocenters. The Hall–Kier alpha value is -3.10. The predicted octanol–water partition coefficient (Wildman–Crippen LogP) is 2.62. The van der Waals surface area contributed by atoms with Crippen molar-refractivity contribution >= 4 is 11.8 Å². The molecular weight excluding hydrogens is 368 g/mol. The van der Waals surface area contributed by atoms with Crippen LogP contribution in [0.1, 0.15) is 11.1 Å². The smallest absolute Gasteiger partial charge is 0.387 e. The maximum atomic E-state index is 12.6. The molecule has 0 saturated heterocycles. The van der Waals surface area contributed by atoms with Gasteiger partial charge in [0, 0.05) is 51.6 Å². The average molecular weight is 393 g/mol. The van der Waals surface area contributed by atoms with Gasteiger partial charge in [0.2, 0.25) is 0 Å². The highest BCUT2D eigenvalue weighted by Gasteiger charge is 2.12. The lowest BCUT2D eigenvalue weighted by molar-refractivity contribution is -0.0504. The van der Waals surface area contributed by atoms with E-state index in [-0.39, 0.29) is 12.3 Å². The zero-order chi connectivity index (χ0) is 20.5. The summed E-state index contributed by atoms with van der Waals surface area (Å²) in [4.78, 5) is 10.5. The van der Waals surface area contributed by atoms with Crippen LogP contribution in [0.2, 0.25) is 0 Å². The number of ether oxygens (including phenoxy) is 2. The van der Waals surface area contributed by atoms with E-state index in [1.54, 1.807) is 25.4 Å². The number of halogens is 2. The van der Waals surface area contributed by atoms with Gasteiger partial charge in [0.25, 0.3) is 0 Å². The molecule has 0 bridgehead atoms. The largest absolute Gasteiger partial charge is 0.497 e. The number of methoxy groups -OCH3 is 1. The third kappa shape index (κ3) is 5.97. The van der Waals surface area contributed by atoms with E-state index in [0.29, 0.717) is 23.8 Å². The van der Waals surface area contributed by atoms with Crippen LogP contribution in [-0.4, -0.2) is 45.8 Å². The zero-order valence-electron chi connectivity index (χ0n) is 16.4. The van der Waals surface area contributed by atoms with Gasteiger partial charge in [-0.1, -0.05) is 6.07 Å². The Morgan fingerprint density at radius 2 is 1.89 bits per heavy atom. The first kappa shape index (κ1) is 21.2. The van der Waals surface area contributed by atoms with Crippen LogP contribution in [0.25, 0.3) is 0 Å². The number of hydrogen-bond acceptors (Lipinski definition) is 5. The van der Waals surface area contributed by atoms with Crippen molar-refractivity contribution in [2.24, 2.45) is 4.99 Å². The molecule has 1 aromatic carbocycles. The van der Waals surface area contributed by atoms with Gasteiger partial charge in [0.15, 0.2) is 5.96 Å². The molecule has 2 N–H and O–H groups in total. The Kier molecular flexibility index (Phi) is 7.79. The molecule has 0 saturated carbocycles. The summed E-state index contributed by atoms with van der Waals surface area (Å²) < 4.78 is 35.0. The quantitative estimate of drug-likeness (QED) is 0.531. The van der Waals surface area contributed by atoms with Gasteiger partial charge >= 0.3 is 6.61 Å². The van der Waals surface area contributed by atoms with Crippen LogP contribution in [0.5, 0.6) is 11.5 Å². The van der Waals surface area contributed by atoms with E-state index >= 15 is 0 Å². The molecule has 28 heavy (non-hydrogen) atoms. The Balaban J connectivity index is 2.04. The zero-order valence-corrected chi connectivity index (χ0v) is 16.4. The molecule has 0 radical (unpaired) electrons. The summed E-state index contributed by atoms with van der Waals surface area (Å²) >= 11 is 0. The number of alkyl halides is 2. The molecule has 0 unspecified atom stereocenters. The van der Waals surface area contributed by atoms with Crippen molar-refractivity contribution in [1.29, 1.82) is 0 Å². The molecular formula is C19H25F2N5O2. The van der Waals surface area contributed by atoms with E-state index in [2.05, 4.69) is 25.3 Å². The van der Waals surface area contributed by atoms with Gasteiger partial charge in [0.1, 0.15) is 17.3 Å². The van der Waals surface area contributed by atoms with E-state index in [1.807, 2.05) is 31.1 Å². The molecule has 1 heterocycles. The number of aromatic nitrogens is 1.